The molecule has 1 aliphatic heterocycles. The molecule has 0 aromatic rings. The van der Waals surface area contributed by atoms with Gasteiger partial charge in [-0.25, -0.2) is 0 Å². The molecule has 20 heavy (non-hydrogen) atoms. The Morgan fingerprint density at radius 1 is 1.20 bits per heavy atom. The Bertz CT molecular complexity index is 357. The van der Waals surface area contributed by atoms with Crippen molar-refractivity contribution in [3.63, 3.8) is 0 Å². The topological polar surface area (TPSA) is 61.4 Å². The highest BCUT2D eigenvalue weighted by atomic mass is 16.3. The minimum Gasteiger partial charge on any atom is -0.396 e. The van der Waals surface area contributed by atoms with Crippen molar-refractivity contribution in [1.82, 2.24) is 10.6 Å². The smallest absolute Gasteiger partial charge is 0.220 e. The number of hydrogen-bond donors (Lipinski definition) is 3. The maximum atomic E-state index is 12.1. The normalized spacial score (nSPS) is 27.1. The molecule has 0 bridgehead atoms. The van der Waals surface area contributed by atoms with E-state index in [4.69, 9.17) is 0 Å². The average molecular weight is 282 g/mol. The first-order chi connectivity index (χ1) is 9.15. The maximum Gasteiger partial charge on any atom is 0.220 e. The highest BCUT2D eigenvalue weighted by Gasteiger charge is 2.42. The molecule has 0 unspecified atom stereocenters. The summed E-state index contributed by atoms with van der Waals surface area (Å²) in [6.07, 6.45) is 4.76. The lowest BCUT2D eigenvalue weighted by Crippen LogP contribution is -2.58. The third-order valence-electron chi connectivity index (χ3n) is 4.70. The van der Waals surface area contributed by atoms with Crippen LogP contribution in [0.25, 0.3) is 0 Å². The Morgan fingerprint density at radius 3 is 2.20 bits per heavy atom. The second-order valence-electron chi connectivity index (χ2n) is 8.31. The van der Waals surface area contributed by atoms with Gasteiger partial charge in [-0.05, 0) is 59.3 Å². The predicted octanol–water partition coefficient (Wildman–Crippen LogP) is 1.82. The van der Waals surface area contributed by atoms with Crippen molar-refractivity contribution in [3.8, 4) is 0 Å². The Labute approximate surface area is 122 Å². The van der Waals surface area contributed by atoms with E-state index in [1.807, 2.05) is 0 Å². The molecular formula is C16H30N2O2. The first-order valence-corrected chi connectivity index (χ1v) is 7.82. The molecule has 2 rings (SSSR count). The minimum atomic E-state index is 0.00230. The molecule has 0 radical (unpaired) electrons. The molecule has 116 valence electrons. The Kier molecular flexibility index (Phi) is 4.18. The van der Waals surface area contributed by atoms with Gasteiger partial charge in [0.25, 0.3) is 0 Å². The van der Waals surface area contributed by atoms with Crippen LogP contribution in [-0.2, 0) is 4.79 Å². The second kappa shape index (κ2) is 5.30. The molecule has 4 nitrogen and oxygen atoms in total. The van der Waals surface area contributed by atoms with Gasteiger partial charge in [0.05, 0.1) is 6.61 Å². The summed E-state index contributed by atoms with van der Waals surface area (Å²) < 4.78 is 0. The third kappa shape index (κ3) is 4.19. The molecule has 2 fully saturated rings. The van der Waals surface area contributed by atoms with Crippen LogP contribution in [0, 0.1) is 11.3 Å². The van der Waals surface area contributed by atoms with E-state index in [1.165, 1.54) is 0 Å². The number of rotatable bonds is 5. The highest BCUT2D eigenvalue weighted by molar-refractivity contribution is 5.76. The van der Waals surface area contributed by atoms with Crippen LogP contribution in [0.4, 0.5) is 0 Å². The largest absolute Gasteiger partial charge is 0.396 e. The zero-order valence-electron chi connectivity index (χ0n) is 13.4. The lowest BCUT2D eigenvalue weighted by atomic mass is 9.74. The van der Waals surface area contributed by atoms with E-state index < -0.39 is 0 Å². The molecule has 3 N–H and O–H groups in total. The summed E-state index contributed by atoms with van der Waals surface area (Å²) in [6, 6.07) is 0. The van der Waals surface area contributed by atoms with Gasteiger partial charge in [-0.1, -0.05) is 0 Å². The highest BCUT2D eigenvalue weighted by Crippen LogP contribution is 2.44. The van der Waals surface area contributed by atoms with E-state index in [-0.39, 0.29) is 29.0 Å². The molecule has 1 saturated heterocycles. The van der Waals surface area contributed by atoms with Crippen molar-refractivity contribution in [3.05, 3.63) is 0 Å². The van der Waals surface area contributed by atoms with E-state index in [1.54, 1.807) is 0 Å². The van der Waals surface area contributed by atoms with Crippen molar-refractivity contribution in [1.29, 1.82) is 0 Å². The Hall–Kier alpha value is -0.610. The van der Waals surface area contributed by atoms with Crippen LogP contribution >= 0.6 is 0 Å². The SMILES string of the molecule is CC1(C)CC(CC(=O)NCC2(CO)CC2)CC(C)(C)N1. The van der Waals surface area contributed by atoms with E-state index in [0.29, 0.717) is 18.9 Å². The molecule has 0 aromatic carbocycles. The summed E-state index contributed by atoms with van der Waals surface area (Å²) in [5.74, 6) is 0.578. The molecule has 1 heterocycles. The van der Waals surface area contributed by atoms with Gasteiger partial charge in [-0.2, -0.15) is 0 Å². The molecule has 2 aliphatic rings. The van der Waals surface area contributed by atoms with Crippen molar-refractivity contribution in [2.75, 3.05) is 13.2 Å². The fraction of sp³-hybridized carbons (Fsp3) is 0.938. The zero-order valence-corrected chi connectivity index (χ0v) is 13.4. The van der Waals surface area contributed by atoms with E-state index >= 15 is 0 Å². The fourth-order valence-electron chi connectivity index (χ4n) is 3.87. The van der Waals surface area contributed by atoms with Crippen LogP contribution in [-0.4, -0.2) is 35.2 Å². The molecule has 0 spiro atoms. The molecular weight excluding hydrogens is 252 g/mol. The molecule has 1 amide bonds. The standard InChI is InChI=1S/C16H30N2O2/c1-14(2)8-12(9-15(3,4)18-14)7-13(20)17-10-16(11-19)5-6-16/h12,18-19H,5-11H2,1-4H3,(H,17,20). The number of piperidine rings is 1. The zero-order chi connectivity index (χ0) is 15.0. The van der Waals surface area contributed by atoms with Crippen LogP contribution in [0.15, 0.2) is 0 Å². The van der Waals surface area contributed by atoms with Crippen LogP contribution in [0.3, 0.4) is 0 Å². The minimum absolute atomic E-state index is 0.00230. The van der Waals surface area contributed by atoms with Gasteiger partial charge < -0.3 is 15.7 Å². The van der Waals surface area contributed by atoms with Crippen molar-refractivity contribution in [2.45, 2.75) is 70.9 Å². The Morgan fingerprint density at radius 2 is 1.75 bits per heavy atom. The molecule has 0 aromatic heterocycles. The number of amides is 1. The average Bonchev–Trinajstić information content (AvgIpc) is 3.02. The monoisotopic (exact) mass is 282 g/mol. The fourth-order valence-corrected chi connectivity index (χ4v) is 3.87. The third-order valence-corrected chi connectivity index (χ3v) is 4.70. The Balaban J connectivity index is 1.81. The van der Waals surface area contributed by atoms with Crippen molar-refractivity contribution < 1.29 is 9.90 Å². The number of hydrogen-bond acceptors (Lipinski definition) is 3. The summed E-state index contributed by atoms with van der Waals surface area (Å²) in [5, 5.41) is 15.9. The van der Waals surface area contributed by atoms with Gasteiger partial charge in [0.1, 0.15) is 0 Å². The van der Waals surface area contributed by atoms with Crippen LogP contribution in [0.1, 0.15) is 59.8 Å². The van der Waals surface area contributed by atoms with Crippen LogP contribution in [0.5, 0.6) is 0 Å². The predicted molar refractivity (Wildman–Crippen MR) is 80.4 cm³/mol. The van der Waals surface area contributed by atoms with Crippen molar-refractivity contribution in [2.24, 2.45) is 11.3 Å². The number of carbonyl (C=O) groups is 1. The van der Waals surface area contributed by atoms with E-state index in [9.17, 15) is 9.90 Å². The maximum absolute atomic E-state index is 12.1. The number of aliphatic hydroxyl groups is 1. The summed E-state index contributed by atoms with van der Waals surface area (Å²) in [5.41, 5.74) is 0.188. The lowest BCUT2D eigenvalue weighted by molar-refractivity contribution is -0.123. The molecule has 0 atom stereocenters. The lowest BCUT2D eigenvalue weighted by Gasteiger charge is -2.46. The van der Waals surface area contributed by atoms with Gasteiger partial charge in [0, 0.05) is 29.5 Å². The van der Waals surface area contributed by atoms with Gasteiger partial charge in [0.2, 0.25) is 5.91 Å². The van der Waals surface area contributed by atoms with Crippen LogP contribution < -0.4 is 10.6 Å². The number of nitrogens with one attached hydrogen (secondary N) is 2. The first-order valence-electron chi connectivity index (χ1n) is 7.82. The summed E-state index contributed by atoms with van der Waals surface area (Å²) >= 11 is 0. The number of carbonyl (C=O) groups excluding carboxylic acids is 1. The van der Waals surface area contributed by atoms with E-state index in [0.717, 1.165) is 25.7 Å². The van der Waals surface area contributed by atoms with E-state index in [2.05, 4.69) is 38.3 Å². The van der Waals surface area contributed by atoms with Crippen molar-refractivity contribution >= 4 is 5.91 Å². The number of aliphatic hydroxyl groups excluding tert-OH is 1. The summed E-state index contributed by atoms with van der Waals surface area (Å²) in [7, 11) is 0. The summed E-state index contributed by atoms with van der Waals surface area (Å²) in [4.78, 5) is 12.1. The first kappa shape index (κ1) is 15.8. The second-order valence-corrected chi connectivity index (χ2v) is 8.31. The molecule has 1 saturated carbocycles. The van der Waals surface area contributed by atoms with Gasteiger partial charge in [0.15, 0.2) is 0 Å². The molecule has 4 heteroatoms. The molecule has 1 aliphatic carbocycles. The van der Waals surface area contributed by atoms with Gasteiger partial charge in [-0.15, -0.1) is 0 Å². The van der Waals surface area contributed by atoms with Crippen LogP contribution in [0.2, 0.25) is 0 Å². The quantitative estimate of drug-likeness (QED) is 0.721. The van der Waals surface area contributed by atoms with Gasteiger partial charge >= 0.3 is 0 Å². The summed E-state index contributed by atoms with van der Waals surface area (Å²) in [6.45, 7) is 9.68. The van der Waals surface area contributed by atoms with Gasteiger partial charge in [-0.3, -0.25) is 4.79 Å².